The minimum Gasteiger partial charge on any atom is -0.323 e. The summed E-state index contributed by atoms with van der Waals surface area (Å²) < 4.78 is 28.5. The van der Waals surface area contributed by atoms with Gasteiger partial charge in [-0.25, -0.2) is 8.78 Å². The fraction of sp³-hybridized carbons (Fsp3) is 0.438. The highest BCUT2D eigenvalue weighted by molar-refractivity contribution is 7.99. The summed E-state index contributed by atoms with van der Waals surface area (Å²) in [5.41, 5.74) is -0.0318. The van der Waals surface area contributed by atoms with Gasteiger partial charge < -0.3 is 9.88 Å². The van der Waals surface area contributed by atoms with Crippen molar-refractivity contribution in [3.8, 4) is 0 Å². The third kappa shape index (κ3) is 3.92. The number of carbonyl (C=O) groups excluding carboxylic acids is 1. The highest BCUT2D eigenvalue weighted by Crippen LogP contribution is 2.40. The van der Waals surface area contributed by atoms with Gasteiger partial charge in [-0.05, 0) is 31.4 Å². The van der Waals surface area contributed by atoms with E-state index in [2.05, 4.69) is 27.0 Å². The van der Waals surface area contributed by atoms with Gasteiger partial charge in [0.05, 0.1) is 11.4 Å². The van der Waals surface area contributed by atoms with Crippen LogP contribution in [0.3, 0.4) is 0 Å². The van der Waals surface area contributed by atoms with E-state index >= 15 is 0 Å². The maximum Gasteiger partial charge on any atom is 0.234 e. The maximum absolute atomic E-state index is 13.5. The Morgan fingerprint density at radius 3 is 2.83 bits per heavy atom. The van der Waals surface area contributed by atoms with Gasteiger partial charge in [0.25, 0.3) is 0 Å². The average Bonchev–Trinajstić information content (AvgIpc) is 3.31. The lowest BCUT2D eigenvalue weighted by molar-refractivity contribution is -0.113. The fourth-order valence-corrected chi connectivity index (χ4v) is 3.16. The van der Waals surface area contributed by atoms with Crippen molar-refractivity contribution in [2.75, 3.05) is 11.1 Å². The van der Waals surface area contributed by atoms with Crippen LogP contribution in [0.5, 0.6) is 0 Å². The van der Waals surface area contributed by atoms with Crippen LogP contribution in [0, 0.1) is 11.6 Å². The van der Waals surface area contributed by atoms with Crippen LogP contribution in [-0.4, -0.2) is 26.4 Å². The quantitative estimate of drug-likeness (QED) is 0.774. The third-order valence-corrected chi connectivity index (χ3v) is 4.64. The molecule has 24 heavy (non-hydrogen) atoms. The number of nitrogens with zero attached hydrogens (tertiary/aromatic N) is 3. The van der Waals surface area contributed by atoms with Gasteiger partial charge in [-0.1, -0.05) is 18.7 Å². The van der Waals surface area contributed by atoms with Crippen LogP contribution < -0.4 is 5.32 Å². The first-order chi connectivity index (χ1) is 11.6. The van der Waals surface area contributed by atoms with Crippen molar-refractivity contribution in [1.82, 2.24) is 14.8 Å². The molecule has 1 N–H and O–H groups in total. The number of carbonyl (C=O) groups is 1. The topological polar surface area (TPSA) is 59.8 Å². The Bertz CT molecular complexity index is 746. The fourth-order valence-electron chi connectivity index (χ4n) is 2.39. The zero-order chi connectivity index (χ0) is 17.1. The lowest BCUT2D eigenvalue weighted by Gasteiger charge is -2.09. The number of hydrogen-bond donors (Lipinski definition) is 1. The van der Waals surface area contributed by atoms with Crippen LogP contribution in [0.4, 0.5) is 14.5 Å². The Labute approximate surface area is 142 Å². The first-order valence-electron chi connectivity index (χ1n) is 7.89. The zero-order valence-electron chi connectivity index (χ0n) is 13.3. The summed E-state index contributed by atoms with van der Waals surface area (Å²) in [5.74, 6) is -0.281. The summed E-state index contributed by atoms with van der Waals surface area (Å²) in [5, 5.41) is 11.6. The summed E-state index contributed by atoms with van der Waals surface area (Å²) in [6.45, 7) is 2.89. The Morgan fingerprint density at radius 2 is 2.17 bits per heavy atom. The van der Waals surface area contributed by atoms with Crippen molar-refractivity contribution in [2.45, 2.75) is 43.8 Å². The third-order valence-electron chi connectivity index (χ3n) is 3.67. The van der Waals surface area contributed by atoms with Crippen LogP contribution in [0.25, 0.3) is 0 Å². The van der Waals surface area contributed by atoms with Crippen LogP contribution in [0.2, 0.25) is 0 Å². The predicted molar refractivity (Wildman–Crippen MR) is 88.0 cm³/mol. The van der Waals surface area contributed by atoms with Crippen LogP contribution >= 0.6 is 11.8 Å². The van der Waals surface area contributed by atoms with E-state index in [-0.39, 0.29) is 17.3 Å². The number of thioether (sulfide) groups is 1. The SMILES string of the molecule is CCCn1c(SCC(=O)Nc2ccc(F)cc2F)nnc1C1CC1. The van der Waals surface area contributed by atoms with E-state index in [0.29, 0.717) is 11.1 Å². The summed E-state index contributed by atoms with van der Waals surface area (Å²) in [7, 11) is 0. The molecule has 0 bridgehead atoms. The van der Waals surface area contributed by atoms with Gasteiger partial charge in [-0.3, -0.25) is 4.79 Å². The Balaban J connectivity index is 1.61. The van der Waals surface area contributed by atoms with E-state index in [1.807, 2.05) is 0 Å². The highest BCUT2D eigenvalue weighted by atomic mass is 32.2. The molecule has 1 amide bonds. The smallest absolute Gasteiger partial charge is 0.234 e. The second kappa shape index (κ2) is 7.29. The monoisotopic (exact) mass is 352 g/mol. The van der Waals surface area contributed by atoms with Gasteiger partial charge in [-0.2, -0.15) is 0 Å². The Kier molecular flexibility index (Phi) is 5.13. The van der Waals surface area contributed by atoms with Crippen molar-refractivity contribution in [1.29, 1.82) is 0 Å². The summed E-state index contributed by atoms with van der Waals surface area (Å²) in [4.78, 5) is 12.0. The molecule has 128 valence electrons. The Hall–Kier alpha value is -1.96. The molecule has 0 radical (unpaired) electrons. The highest BCUT2D eigenvalue weighted by Gasteiger charge is 2.30. The second-order valence-corrected chi connectivity index (χ2v) is 6.67. The number of amides is 1. The minimum absolute atomic E-state index is 0.0318. The van der Waals surface area contributed by atoms with E-state index in [9.17, 15) is 13.6 Å². The van der Waals surface area contributed by atoms with Gasteiger partial charge in [0.15, 0.2) is 5.16 Å². The van der Waals surface area contributed by atoms with Crippen LogP contribution in [0.1, 0.15) is 37.9 Å². The lowest BCUT2D eigenvalue weighted by Crippen LogP contribution is -2.16. The van der Waals surface area contributed by atoms with Gasteiger partial charge in [-0.15, -0.1) is 10.2 Å². The van der Waals surface area contributed by atoms with Crippen molar-refractivity contribution in [3.63, 3.8) is 0 Å². The number of rotatable bonds is 7. The molecular formula is C16H18F2N4OS. The van der Waals surface area contributed by atoms with Crippen molar-refractivity contribution < 1.29 is 13.6 Å². The van der Waals surface area contributed by atoms with E-state index in [1.54, 1.807) is 0 Å². The number of halogens is 2. The van der Waals surface area contributed by atoms with Gasteiger partial charge in [0.1, 0.15) is 17.5 Å². The molecule has 1 aliphatic rings. The molecule has 1 aromatic carbocycles. The van der Waals surface area contributed by atoms with E-state index in [0.717, 1.165) is 43.8 Å². The van der Waals surface area contributed by atoms with Crippen molar-refractivity contribution in [3.05, 3.63) is 35.7 Å². The zero-order valence-corrected chi connectivity index (χ0v) is 14.1. The molecule has 8 heteroatoms. The molecule has 0 spiro atoms. The first-order valence-corrected chi connectivity index (χ1v) is 8.88. The molecule has 0 aliphatic heterocycles. The molecule has 1 fully saturated rings. The van der Waals surface area contributed by atoms with Crippen LogP contribution in [0.15, 0.2) is 23.4 Å². The molecule has 0 unspecified atom stereocenters. The lowest BCUT2D eigenvalue weighted by atomic mass is 10.3. The maximum atomic E-state index is 13.5. The second-order valence-electron chi connectivity index (χ2n) is 5.73. The number of hydrogen-bond acceptors (Lipinski definition) is 4. The molecule has 1 aliphatic carbocycles. The number of benzene rings is 1. The average molecular weight is 352 g/mol. The van der Waals surface area contributed by atoms with Gasteiger partial charge in [0.2, 0.25) is 5.91 Å². The predicted octanol–water partition coefficient (Wildman–Crippen LogP) is 3.57. The van der Waals surface area contributed by atoms with Gasteiger partial charge >= 0.3 is 0 Å². The summed E-state index contributed by atoms with van der Waals surface area (Å²) >= 11 is 1.27. The standard InChI is InChI=1S/C16H18F2N4OS/c1-2-7-22-15(10-3-4-10)20-21-16(22)24-9-14(23)19-13-6-5-11(17)8-12(13)18/h5-6,8,10H,2-4,7,9H2,1H3,(H,19,23). The Morgan fingerprint density at radius 1 is 1.38 bits per heavy atom. The summed E-state index contributed by atoms with van der Waals surface area (Å²) in [6.07, 6.45) is 3.23. The first kappa shape index (κ1) is 16.9. The molecule has 1 saturated carbocycles. The minimum atomic E-state index is -0.793. The molecule has 0 saturated heterocycles. The molecule has 1 aromatic heterocycles. The molecular weight excluding hydrogens is 334 g/mol. The van der Waals surface area contributed by atoms with Crippen molar-refractivity contribution >= 4 is 23.4 Å². The number of aromatic nitrogens is 3. The number of nitrogens with one attached hydrogen (secondary N) is 1. The van der Waals surface area contributed by atoms with Crippen LogP contribution in [-0.2, 0) is 11.3 Å². The number of anilines is 1. The largest absolute Gasteiger partial charge is 0.323 e. The molecule has 2 aromatic rings. The van der Waals surface area contributed by atoms with E-state index in [1.165, 1.54) is 17.8 Å². The van der Waals surface area contributed by atoms with E-state index in [4.69, 9.17) is 0 Å². The van der Waals surface area contributed by atoms with Crippen molar-refractivity contribution in [2.24, 2.45) is 0 Å². The van der Waals surface area contributed by atoms with E-state index < -0.39 is 11.6 Å². The van der Waals surface area contributed by atoms with Gasteiger partial charge in [0, 0.05) is 18.5 Å². The molecule has 0 atom stereocenters. The normalized spacial score (nSPS) is 14.0. The summed E-state index contributed by atoms with van der Waals surface area (Å²) in [6, 6.07) is 3.05. The molecule has 1 heterocycles. The molecule has 3 rings (SSSR count). The molecule has 5 nitrogen and oxygen atoms in total.